The number of aromatic amines is 1. The van der Waals surface area contributed by atoms with E-state index in [4.69, 9.17) is 11.6 Å². The third kappa shape index (κ3) is 3.87. The Balaban J connectivity index is 1.61. The topological polar surface area (TPSA) is 78.5 Å². The predicted octanol–water partition coefficient (Wildman–Crippen LogP) is 4.86. The van der Waals surface area contributed by atoms with Crippen LogP contribution in [-0.4, -0.2) is 33.5 Å². The first-order valence-electron chi connectivity index (χ1n) is 8.36. The highest BCUT2D eigenvalue weighted by Crippen LogP contribution is 2.31. The molecular formula is C19H18ClN6P. The Morgan fingerprint density at radius 1 is 1.04 bits per heavy atom. The molecule has 4 aromatic rings. The average Bonchev–Trinajstić information content (AvgIpc) is 3.12. The maximum absolute atomic E-state index is 6.32. The maximum atomic E-state index is 6.32. The Morgan fingerprint density at radius 2 is 1.89 bits per heavy atom. The second-order valence-electron chi connectivity index (χ2n) is 6.22. The van der Waals surface area contributed by atoms with E-state index in [9.17, 15) is 0 Å². The summed E-state index contributed by atoms with van der Waals surface area (Å²) in [5, 5.41) is 16.3. The summed E-state index contributed by atoms with van der Waals surface area (Å²) in [6.45, 7) is 4.44. The fraction of sp³-hybridized carbons (Fsp3) is 0.105. The zero-order chi connectivity index (χ0) is 18.8. The van der Waals surface area contributed by atoms with Crippen LogP contribution in [-0.2, 0) is 0 Å². The van der Waals surface area contributed by atoms with Crippen molar-refractivity contribution in [1.29, 1.82) is 0 Å². The number of nitrogens with one attached hydrogen (secondary N) is 3. The number of aromatic nitrogens is 4. The number of hydrogen-bond acceptors (Lipinski definition) is 5. The van der Waals surface area contributed by atoms with Crippen molar-refractivity contribution in [2.45, 2.75) is 0 Å². The van der Waals surface area contributed by atoms with Gasteiger partial charge in [0.05, 0.1) is 17.9 Å². The van der Waals surface area contributed by atoms with Gasteiger partial charge >= 0.3 is 0 Å². The van der Waals surface area contributed by atoms with Crippen LogP contribution >= 0.6 is 19.5 Å². The summed E-state index contributed by atoms with van der Waals surface area (Å²) in [5.74, 6) is 1.04. The molecule has 8 heteroatoms. The maximum Gasteiger partial charge on any atom is 0.229 e. The van der Waals surface area contributed by atoms with Crippen molar-refractivity contribution < 1.29 is 0 Å². The number of para-hydroxylation sites is 1. The Hall–Kier alpha value is -2.69. The lowest BCUT2D eigenvalue weighted by molar-refractivity contribution is 1.12. The number of H-pyrrole nitrogens is 1. The summed E-state index contributed by atoms with van der Waals surface area (Å²) < 4.78 is 0. The zero-order valence-corrected chi connectivity index (χ0v) is 16.5. The van der Waals surface area contributed by atoms with Gasteiger partial charge in [-0.15, -0.1) is 0 Å². The van der Waals surface area contributed by atoms with Crippen molar-refractivity contribution >= 4 is 58.9 Å². The van der Waals surface area contributed by atoms with E-state index in [1.807, 2.05) is 36.4 Å². The molecule has 0 unspecified atom stereocenters. The molecule has 6 nitrogen and oxygen atoms in total. The summed E-state index contributed by atoms with van der Waals surface area (Å²) in [5.41, 5.74) is 2.82. The Kier molecular flexibility index (Phi) is 4.92. The number of anilines is 4. The van der Waals surface area contributed by atoms with Crippen LogP contribution < -0.4 is 15.9 Å². The minimum atomic E-state index is -0.256. The van der Waals surface area contributed by atoms with Crippen LogP contribution in [0.5, 0.6) is 0 Å². The van der Waals surface area contributed by atoms with E-state index in [1.165, 1.54) is 5.30 Å². The molecule has 0 spiro atoms. The molecule has 0 atom stereocenters. The van der Waals surface area contributed by atoms with Crippen LogP contribution in [0.25, 0.3) is 10.9 Å². The largest absolute Gasteiger partial charge is 0.338 e. The Labute approximate surface area is 163 Å². The predicted molar refractivity (Wildman–Crippen MR) is 115 cm³/mol. The number of fused-ring (bicyclic) bond motifs is 1. The third-order valence-electron chi connectivity index (χ3n) is 4.08. The van der Waals surface area contributed by atoms with E-state index >= 15 is 0 Å². The van der Waals surface area contributed by atoms with Crippen molar-refractivity contribution in [2.24, 2.45) is 0 Å². The van der Waals surface area contributed by atoms with Crippen LogP contribution in [0, 0.1) is 0 Å². The smallest absolute Gasteiger partial charge is 0.229 e. The second-order valence-corrected chi connectivity index (χ2v) is 8.90. The van der Waals surface area contributed by atoms with Crippen LogP contribution in [0.15, 0.2) is 54.9 Å². The van der Waals surface area contributed by atoms with Gasteiger partial charge in [0.15, 0.2) is 5.82 Å². The molecule has 2 aromatic heterocycles. The van der Waals surface area contributed by atoms with Crippen LogP contribution in [0.4, 0.5) is 23.1 Å². The van der Waals surface area contributed by atoms with Crippen molar-refractivity contribution in [1.82, 2.24) is 20.2 Å². The highest BCUT2D eigenvalue weighted by atomic mass is 35.5. The minimum Gasteiger partial charge on any atom is -0.338 e. The number of nitrogens with zero attached hydrogens (tertiary/aromatic N) is 3. The first-order chi connectivity index (χ1) is 13.1. The molecule has 136 valence electrons. The van der Waals surface area contributed by atoms with Gasteiger partial charge in [-0.2, -0.15) is 10.1 Å². The summed E-state index contributed by atoms with van der Waals surface area (Å²) in [7, 11) is -0.256. The molecule has 27 heavy (non-hydrogen) atoms. The quantitative estimate of drug-likeness (QED) is 0.420. The van der Waals surface area contributed by atoms with Crippen LogP contribution in [0.2, 0.25) is 5.02 Å². The lowest BCUT2D eigenvalue weighted by Crippen LogP contribution is -2.09. The standard InChI is InChI=1S/C19H18ClN6P/c1-27(2)17-6-4-3-5-15(17)24-18-14(20)11-21-19(25-18)23-13-8-7-12-10-22-26-16(12)9-13/h3-11H,1-2H3,(H,22,26)(H2,21,23,24,25). The van der Waals surface area contributed by atoms with E-state index in [0.29, 0.717) is 16.8 Å². The van der Waals surface area contributed by atoms with Gasteiger partial charge < -0.3 is 10.6 Å². The van der Waals surface area contributed by atoms with Gasteiger partial charge in [-0.1, -0.05) is 37.7 Å². The van der Waals surface area contributed by atoms with E-state index in [1.54, 1.807) is 12.4 Å². The second kappa shape index (κ2) is 7.51. The molecule has 2 heterocycles. The van der Waals surface area contributed by atoms with Crippen LogP contribution in [0.3, 0.4) is 0 Å². The summed E-state index contributed by atoms with van der Waals surface area (Å²) in [6.07, 6.45) is 3.38. The van der Waals surface area contributed by atoms with Crippen molar-refractivity contribution in [3.05, 3.63) is 59.9 Å². The Morgan fingerprint density at radius 3 is 2.74 bits per heavy atom. The SMILES string of the molecule is CP(C)c1ccccc1Nc1nc(Nc2ccc3cn[nH]c3c2)ncc1Cl. The minimum absolute atomic E-state index is 0.256. The fourth-order valence-electron chi connectivity index (χ4n) is 2.76. The number of halogens is 1. The number of benzene rings is 2. The van der Waals surface area contributed by atoms with Gasteiger partial charge in [0.1, 0.15) is 5.02 Å². The average molecular weight is 397 g/mol. The first-order valence-corrected chi connectivity index (χ1v) is 11.0. The van der Waals surface area contributed by atoms with Gasteiger partial charge in [-0.05, 0) is 42.9 Å². The van der Waals surface area contributed by atoms with Crippen molar-refractivity contribution in [3.8, 4) is 0 Å². The molecule has 0 aliphatic heterocycles. The normalized spacial score (nSPS) is 11.1. The van der Waals surface area contributed by atoms with E-state index < -0.39 is 0 Å². The lowest BCUT2D eigenvalue weighted by Gasteiger charge is -2.15. The molecule has 0 fully saturated rings. The summed E-state index contributed by atoms with van der Waals surface area (Å²) >= 11 is 6.32. The summed E-state index contributed by atoms with van der Waals surface area (Å²) in [6, 6.07) is 14.1. The molecule has 0 radical (unpaired) electrons. The highest BCUT2D eigenvalue weighted by molar-refractivity contribution is 7.64. The van der Waals surface area contributed by atoms with Gasteiger partial charge in [-0.25, -0.2) is 4.98 Å². The van der Waals surface area contributed by atoms with E-state index in [2.05, 4.69) is 50.2 Å². The molecule has 0 amide bonds. The zero-order valence-electron chi connectivity index (χ0n) is 14.9. The molecule has 2 aromatic carbocycles. The molecule has 0 aliphatic carbocycles. The number of hydrogen-bond donors (Lipinski definition) is 3. The monoisotopic (exact) mass is 396 g/mol. The fourth-order valence-corrected chi connectivity index (χ4v) is 3.89. The Bertz CT molecular complexity index is 1090. The number of rotatable bonds is 5. The molecule has 0 saturated heterocycles. The highest BCUT2D eigenvalue weighted by Gasteiger charge is 2.11. The van der Waals surface area contributed by atoms with Gasteiger partial charge in [0.25, 0.3) is 0 Å². The molecule has 0 saturated carbocycles. The molecule has 4 rings (SSSR count). The first kappa shape index (κ1) is 17.7. The summed E-state index contributed by atoms with van der Waals surface area (Å²) in [4.78, 5) is 8.83. The van der Waals surface area contributed by atoms with E-state index in [0.717, 1.165) is 22.3 Å². The third-order valence-corrected chi connectivity index (χ3v) is 5.71. The molecular weight excluding hydrogens is 379 g/mol. The molecule has 0 bridgehead atoms. The van der Waals surface area contributed by atoms with Crippen molar-refractivity contribution in [3.63, 3.8) is 0 Å². The van der Waals surface area contributed by atoms with E-state index in [-0.39, 0.29) is 7.92 Å². The van der Waals surface area contributed by atoms with Crippen molar-refractivity contribution in [2.75, 3.05) is 24.0 Å². The molecule has 0 aliphatic rings. The molecule has 3 N–H and O–H groups in total. The van der Waals surface area contributed by atoms with Gasteiger partial charge in [0.2, 0.25) is 5.95 Å². The van der Waals surface area contributed by atoms with Gasteiger partial charge in [-0.3, -0.25) is 5.10 Å². The van der Waals surface area contributed by atoms with Crippen LogP contribution in [0.1, 0.15) is 0 Å². The van der Waals surface area contributed by atoms with Gasteiger partial charge in [0, 0.05) is 16.8 Å². The lowest BCUT2D eigenvalue weighted by atomic mass is 10.2.